The van der Waals surface area contributed by atoms with Crippen LogP contribution in [-0.4, -0.2) is 42.0 Å². The van der Waals surface area contributed by atoms with Crippen LogP contribution in [0, 0.1) is 0 Å². The highest BCUT2D eigenvalue weighted by Crippen LogP contribution is 2.29. The number of benzene rings is 3. The number of H-pyrrole nitrogens is 1. The van der Waals surface area contributed by atoms with Crippen molar-refractivity contribution in [3.8, 4) is 11.5 Å². The van der Waals surface area contributed by atoms with Crippen LogP contribution in [0.5, 0.6) is 11.5 Å². The fourth-order valence-electron chi connectivity index (χ4n) is 5.62. The molecular weight excluding hydrogens is 502 g/mol. The van der Waals surface area contributed by atoms with E-state index in [0.29, 0.717) is 11.5 Å². The average molecular weight is 540 g/mol. The quantitative estimate of drug-likeness (QED) is 0.261. The number of hydrogen-bond acceptors (Lipinski definition) is 4. The fourth-order valence-corrected chi connectivity index (χ4v) is 5.62. The third kappa shape index (κ3) is 6.30. The Kier molecular flexibility index (Phi) is 8.69. The molecule has 4 aromatic rings. The van der Waals surface area contributed by atoms with Crippen molar-refractivity contribution in [2.24, 2.45) is 0 Å². The van der Waals surface area contributed by atoms with Crippen molar-refractivity contribution in [2.75, 3.05) is 14.2 Å². The van der Waals surface area contributed by atoms with Gasteiger partial charge in [0.2, 0.25) is 11.8 Å². The highest BCUT2D eigenvalue weighted by Gasteiger charge is 2.33. The van der Waals surface area contributed by atoms with Crippen LogP contribution in [0.1, 0.15) is 54.8 Å². The van der Waals surface area contributed by atoms with Gasteiger partial charge in [-0.25, -0.2) is 0 Å². The molecule has 0 bridgehead atoms. The molecule has 0 spiro atoms. The average Bonchev–Trinajstić information content (AvgIpc) is 3.40. The van der Waals surface area contributed by atoms with Crippen LogP contribution in [0.15, 0.2) is 79.0 Å². The van der Waals surface area contributed by atoms with E-state index in [1.807, 2.05) is 79.0 Å². The Bertz CT molecular complexity index is 1440. The van der Waals surface area contributed by atoms with E-state index in [9.17, 15) is 9.59 Å². The summed E-state index contributed by atoms with van der Waals surface area (Å²) < 4.78 is 10.8. The van der Waals surface area contributed by atoms with E-state index in [2.05, 4.69) is 10.3 Å². The number of ether oxygens (including phenoxy) is 2. The molecule has 7 heteroatoms. The van der Waals surface area contributed by atoms with E-state index in [1.165, 1.54) is 6.42 Å². The number of amides is 2. The molecular formula is C33H37N3O4. The summed E-state index contributed by atoms with van der Waals surface area (Å²) in [4.78, 5) is 33.3. The molecule has 7 nitrogen and oxygen atoms in total. The molecule has 0 aliphatic heterocycles. The Morgan fingerprint density at radius 1 is 0.925 bits per heavy atom. The predicted octanol–water partition coefficient (Wildman–Crippen LogP) is 5.95. The molecule has 1 saturated carbocycles. The maximum atomic E-state index is 14.2. The second-order valence-corrected chi connectivity index (χ2v) is 10.4. The van der Waals surface area contributed by atoms with Gasteiger partial charge in [0.15, 0.2) is 0 Å². The highest BCUT2D eigenvalue weighted by molar-refractivity contribution is 5.92. The molecule has 2 amide bonds. The molecule has 1 aromatic heterocycles. The Morgan fingerprint density at radius 2 is 1.68 bits per heavy atom. The molecule has 5 rings (SSSR count). The van der Waals surface area contributed by atoms with Gasteiger partial charge in [-0.1, -0.05) is 61.7 Å². The van der Waals surface area contributed by atoms with Crippen LogP contribution < -0.4 is 14.8 Å². The number of methoxy groups -OCH3 is 2. The summed E-state index contributed by atoms with van der Waals surface area (Å²) in [6.07, 6.45) is 7.37. The Labute approximate surface area is 235 Å². The summed E-state index contributed by atoms with van der Waals surface area (Å²) in [7, 11) is 3.24. The fraction of sp³-hybridized carbons (Fsp3) is 0.333. The van der Waals surface area contributed by atoms with E-state index in [0.717, 1.165) is 53.3 Å². The van der Waals surface area contributed by atoms with E-state index >= 15 is 0 Å². The second kappa shape index (κ2) is 12.7. The van der Waals surface area contributed by atoms with Gasteiger partial charge in [-0.2, -0.15) is 0 Å². The maximum absolute atomic E-state index is 14.2. The van der Waals surface area contributed by atoms with Gasteiger partial charge < -0.3 is 24.7 Å². The summed E-state index contributed by atoms with van der Waals surface area (Å²) in [6, 6.07) is 22.3. The van der Waals surface area contributed by atoms with E-state index in [4.69, 9.17) is 9.47 Å². The van der Waals surface area contributed by atoms with Crippen molar-refractivity contribution in [2.45, 2.75) is 57.2 Å². The Morgan fingerprint density at radius 3 is 2.42 bits per heavy atom. The first-order valence-corrected chi connectivity index (χ1v) is 14.0. The molecule has 1 atom stereocenters. The number of para-hydroxylation sites is 1. The van der Waals surface area contributed by atoms with Gasteiger partial charge in [-0.05, 0) is 59.9 Å². The highest BCUT2D eigenvalue weighted by atomic mass is 16.5. The normalized spacial score (nSPS) is 14.4. The molecule has 0 unspecified atom stereocenters. The minimum Gasteiger partial charge on any atom is -0.497 e. The van der Waals surface area contributed by atoms with Crippen LogP contribution in [0.25, 0.3) is 10.9 Å². The Hall–Kier alpha value is -4.26. The number of rotatable bonds is 10. The van der Waals surface area contributed by atoms with Crippen LogP contribution in [0.3, 0.4) is 0 Å². The summed E-state index contributed by atoms with van der Waals surface area (Å²) in [5.74, 6) is 1.10. The first-order valence-electron chi connectivity index (χ1n) is 14.0. The molecule has 40 heavy (non-hydrogen) atoms. The van der Waals surface area contributed by atoms with E-state index in [1.54, 1.807) is 19.1 Å². The molecule has 1 fully saturated rings. The van der Waals surface area contributed by atoms with Crippen molar-refractivity contribution in [1.82, 2.24) is 15.2 Å². The number of aromatic nitrogens is 1. The zero-order valence-corrected chi connectivity index (χ0v) is 23.2. The van der Waals surface area contributed by atoms with E-state index < -0.39 is 6.04 Å². The van der Waals surface area contributed by atoms with Gasteiger partial charge in [0.1, 0.15) is 17.5 Å². The van der Waals surface area contributed by atoms with Crippen molar-refractivity contribution in [3.63, 3.8) is 0 Å². The second-order valence-electron chi connectivity index (χ2n) is 10.4. The van der Waals surface area contributed by atoms with Crippen LogP contribution in [0.4, 0.5) is 0 Å². The van der Waals surface area contributed by atoms with Crippen molar-refractivity contribution in [3.05, 3.63) is 95.7 Å². The molecule has 208 valence electrons. The largest absolute Gasteiger partial charge is 0.497 e. The topological polar surface area (TPSA) is 83.7 Å². The monoisotopic (exact) mass is 539 g/mol. The number of fused-ring (bicyclic) bond motifs is 1. The van der Waals surface area contributed by atoms with E-state index in [-0.39, 0.29) is 30.8 Å². The number of carbonyl (C=O) groups excluding carboxylic acids is 2. The zero-order valence-electron chi connectivity index (χ0n) is 23.2. The van der Waals surface area contributed by atoms with Crippen LogP contribution in [-0.2, 0) is 22.6 Å². The molecule has 3 aromatic carbocycles. The minimum absolute atomic E-state index is 0.115. The zero-order chi connectivity index (χ0) is 27.9. The third-order valence-electron chi connectivity index (χ3n) is 7.77. The predicted molar refractivity (Wildman–Crippen MR) is 156 cm³/mol. The third-order valence-corrected chi connectivity index (χ3v) is 7.77. The van der Waals surface area contributed by atoms with Gasteiger partial charge in [0.25, 0.3) is 0 Å². The number of carbonyl (C=O) groups is 2. The lowest BCUT2D eigenvalue weighted by molar-refractivity contribution is -0.141. The summed E-state index contributed by atoms with van der Waals surface area (Å²) in [6.45, 7) is 0.257. The van der Waals surface area contributed by atoms with Crippen molar-refractivity contribution in [1.29, 1.82) is 0 Å². The molecule has 1 heterocycles. The number of nitrogens with zero attached hydrogens (tertiary/aromatic N) is 1. The van der Waals surface area contributed by atoms with Gasteiger partial charge in [-0.3, -0.25) is 9.59 Å². The molecule has 0 radical (unpaired) electrons. The molecule has 0 saturated heterocycles. The van der Waals surface area contributed by atoms with Gasteiger partial charge >= 0.3 is 0 Å². The SMILES string of the molecule is COc1ccc([C@@H](C(=O)NC2CCCCC2)N(Cc2cccc(OC)c2)C(=O)Cc2c[nH]c3ccccc23)cc1. The number of aromatic amines is 1. The van der Waals surface area contributed by atoms with Crippen molar-refractivity contribution < 1.29 is 19.1 Å². The minimum atomic E-state index is -0.809. The molecule has 2 N–H and O–H groups in total. The lowest BCUT2D eigenvalue weighted by Gasteiger charge is -2.33. The van der Waals surface area contributed by atoms with Gasteiger partial charge in [0.05, 0.1) is 20.6 Å². The summed E-state index contributed by atoms with van der Waals surface area (Å²) in [5, 5.41) is 4.29. The lowest BCUT2D eigenvalue weighted by atomic mass is 9.94. The van der Waals surface area contributed by atoms with Crippen LogP contribution >= 0.6 is 0 Å². The summed E-state index contributed by atoms with van der Waals surface area (Å²) in [5.41, 5.74) is 3.50. The first-order chi connectivity index (χ1) is 19.6. The summed E-state index contributed by atoms with van der Waals surface area (Å²) >= 11 is 0. The maximum Gasteiger partial charge on any atom is 0.247 e. The standard InChI is InChI=1S/C33H37N3O4/c1-39-27-17-15-24(16-18-27)32(33(38)35-26-10-4-3-5-11-26)36(22-23-9-8-12-28(19-23)40-2)31(37)20-25-21-34-30-14-7-6-13-29(25)30/h6-9,12-19,21,26,32,34H,3-5,10-11,20,22H2,1-2H3,(H,35,38)/t32-/m0/s1. The lowest BCUT2D eigenvalue weighted by Crippen LogP contribution is -2.47. The molecule has 1 aliphatic rings. The van der Waals surface area contributed by atoms with Gasteiger partial charge in [-0.15, -0.1) is 0 Å². The molecule has 1 aliphatic carbocycles. The van der Waals surface area contributed by atoms with Crippen molar-refractivity contribution >= 4 is 22.7 Å². The number of nitrogens with one attached hydrogen (secondary N) is 2. The number of hydrogen-bond donors (Lipinski definition) is 2. The van der Waals surface area contributed by atoms with Gasteiger partial charge in [0, 0.05) is 29.7 Å². The Balaban J connectivity index is 1.53. The van der Waals surface area contributed by atoms with Crippen LogP contribution in [0.2, 0.25) is 0 Å². The first kappa shape index (κ1) is 27.3. The smallest absolute Gasteiger partial charge is 0.247 e.